The Balaban J connectivity index is 1.57. The maximum atomic E-state index is 12.0. The fourth-order valence-corrected chi connectivity index (χ4v) is 3.22. The number of esters is 1. The lowest BCUT2D eigenvalue weighted by Gasteiger charge is -2.17. The Hall–Kier alpha value is -1.84. The minimum Gasteiger partial charge on any atom is -0.475 e. The molecule has 0 unspecified atom stereocenters. The first-order chi connectivity index (χ1) is 13.1. The van der Waals surface area contributed by atoms with Crippen LogP contribution in [0.4, 0.5) is 0 Å². The van der Waals surface area contributed by atoms with Crippen molar-refractivity contribution in [2.75, 3.05) is 13.2 Å². The molecule has 1 aromatic carbocycles. The third-order valence-electron chi connectivity index (χ3n) is 4.94. The molecule has 150 valence electrons. The number of carbonyl (C=O) groups excluding carboxylic acids is 1. The Labute approximate surface area is 164 Å². The normalized spacial score (nSPS) is 18.8. The maximum absolute atomic E-state index is 12.0. The Kier molecular flexibility index (Phi) is 9.37. The SMILES string of the molecule is CCCCCCCCCCCC(=O)OC[C@@]1(C)COC(c2ccccc2)=N1. The van der Waals surface area contributed by atoms with Gasteiger partial charge in [-0.05, 0) is 25.5 Å². The zero-order valence-corrected chi connectivity index (χ0v) is 17.0. The van der Waals surface area contributed by atoms with E-state index >= 15 is 0 Å². The van der Waals surface area contributed by atoms with Gasteiger partial charge in [0.2, 0.25) is 5.90 Å². The van der Waals surface area contributed by atoms with Crippen molar-refractivity contribution in [2.45, 2.75) is 83.6 Å². The number of nitrogens with zero attached hydrogens (tertiary/aromatic N) is 1. The summed E-state index contributed by atoms with van der Waals surface area (Å²) in [5.41, 5.74) is 0.474. The number of carbonyl (C=O) groups is 1. The lowest BCUT2D eigenvalue weighted by atomic mass is 10.1. The predicted molar refractivity (Wildman–Crippen MR) is 110 cm³/mol. The number of hydrogen-bond acceptors (Lipinski definition) is 4. The smallest absolute Gasteiger partial charge is 0.305 e. The molecule has 0 aromatic heterocycles. The topological polar surface area (TPSA) is 47.9 Å². The van der Waals surface area contributed by atoms with Crippen molar-refractivity contribution in [3.63, 3.8) is 0 Å². The van der Waals surface area contributed by atoms with Crippen molar-refractivity contribution in [1.29, 1.82) is 0 Å². The minimum absolute atomic E-state index is 0.123. The van der Waals surface area contributed by atoms with Crippen molar-refractivity contribution in [2.24, 2.45) is 4.99 Å². The molecule has 0 saturated heterocycles. The number of rotatable bonds is 13. The van der Waals surface area contributed by atoms with E-state index in [1.165, 1.54) is 44.9 Å². The van der Waals surface area contributed by atoms with Crippen molar-refractivity contribution in [3.05, 3.63) is 35.9 Å². The van der Waals surface area contributed by atoms with Gasteiger partial charge in [0, 0.05) is 12.0 Å². The lowest BCUT2D eigenvalue weighted by molar-refractivity contribution is -0.145. The second kappa shape index (κ2) is 11.8. The molecule has 1 aliphatic rings. The molecule has 0 N–H and O–H groups in total. The zero-order chi connectivity index (χ0) is 19.4. The summed E-state index contributed by atoms with van der Waals surface area (Å²) in [5.74, 6) is 0.510. The average Bonchev–Trinajstić information content (AvgIpc) is 3.08. The van der Waals surface area contributed by atoms with Crippen LogP contribution >= 0.6 is 0 Å². The van der Waals surface area contributed by atoms with Gasteiger partial charge >= 0.3 is 5.97 Å². The van der Waals surface area contributed by atoms with Gasteiger partial charge in [0.05, 0.1) is 0 Å². The number of aliphatic imine (C=N–C) groups is 1. The van der Waals surface area contributed by atoms with Crippen LogP contribution in [0.15, 0.2) is 35.3 Å². The van der Waals surface area contributed by atoms with Gasteiger partial charge in [-0.25, -0.2) is 4.99 Å². The van der Waals surface area contributed by atoms with E-state index in [2.05, 4.69) is 11.9 Å². The van der Waals surface area contributed by atoms with Crippen molar-refractivity contribution in [3.8, 4) is 0 Å². The average molecular weight is 374 g/mol. The van der Waals surface area contributed by atoms with Crippen LogP contribution in [-0.2, 0) is 14.3 Å². The van der Waals surface area contributed by atoms with Gasteiger partial charge in [-0.1, -0.05) is 76.5 Å². The molecule has 0 saturated carbocycles. The molecular formula is C23H35NO3. The highest BCUT2D eigenvalue weighted by Gasteiger charge is 2.33. The molecule has 0 radical (unpaired) electrons. The number of unbranched alkanes of at least 4 members (excludes halogenated alkanes) is 8. The van der Waals surface area contributed by atoms with Crippen molar-refractivity contribution >= 4 is 11.9 Å². The van der Waals surface area contributed by atoms with Crippen LogP contribution in [0, 0.1) is 0 Å². The lowest BCUT2D eigenvalue weighted by Crippen LogP contribution is -2.31. The first-order valence-corrected chi connectivity index (χ1v) is 10.6. The Morgan fingerprint density at radius 2 is 1.67 bits per heavy atom. The summed E-state index contributed by atoms with van der Waals surface area (Å²) in [6, 6.07) is 9.83. The second-order valence-electron chi connectivity index (χ2n) is 7.81. The number of hydrogen-bond donors (Lipinski definition) is 0. The highest BCUT2D eigenvalue weighted by molar-refractivity contribution is 5.95. The molecule has 0 amide bonds. The summed E-state index contributed by atoms with van der Waals surface area (Å²) < 4.78 is 11.2. The Morgan fingerprint density at radius 1 is 1.04 bits per heavy atom. The summed E-state index contributed by atoms with van der Waals surface area (Å²) in [6.45, 7) is 4.94. The molecule has 27 heavy (non-hydrogen) atoms. The summed E-state index contributed by atoms with van der Waals surface area (Å²) in [5, 5.41) is 0. The van der Waals surface area contributed by atoms with Crippen LogP contribution in [0.3, 0.4) is 0 Å². The van der Waals surface area contributed by atoms with E-state index in [1.54, 1.807) is 0 Å². The second-order valence-corrected chi connectivity index (χ2v) is 7.81. The van der Waals surface area contributed by atoms with Gasteiger partial charge in [-0.15, -0.1) is 0 Å². The van der Waals surface area contributed by atoms with Crippen LogP contribution in [0.25, 0.3) is 0 Å². The number of benzene rings is 1. The monoisotopic (exact) mass is 373 g/mol. The molecule has 0 bridgehead atoms. The Morgan fingerprint density at radius 3 is 2.33 bits per heavy atom. The third kappa shape index (κ3) is 8.15. The van der Waals surface area contributed by atoms with Gasteiger partial charge in [-0.3, -0.25) is 4.79 Å². The van der Waals surface area contributed by atoms with Gasteiger partial charge in [0.15, 0.2) is 0 Å². The van der Waals surface area contributed by atoms with E-state index in [9.17, 15) is 4.79 Å². The molecule has 1 heterocycles. The maximum Gasteiger partial charge on any atom is 0.305 e. The molecule has 4 nitrogen and oxygen atoms in total. The fraction of sp³-hybridized carbons (Fsp3) is 0.652. The molecule has 0 aliphatic carbocycles. The van der Waals surface area contributed by atoms with Crippen LogP contribution < -0.4 is 0 Å². The fourth-order valence-electron chi connectivity index (χ4n) is 3.22. The van der Waals surface area contributed by atoms with Crippen LogP contribution in [-0.4, -0.2) is 30.6 Å². The van der Waals surface area contributed by atoms with E-state index in [4.69, 9.17) is 9.47 Å². The van der Waals surface area contributed by atoms with Crippen LogP contribution in [0.1, 0.15) is 83.6 Å². The van der Waals surface area contributed by atoms with Gasteiger partial charge in [-0.2, -0.15) is 0 Å². The summed E-state index contributed by atoms with van der Waals surface area (Å²) in [6.07, 6.45) is 11.7. The third-order valence-corrected chi connectivity index (χ3v) is 4.94. The van der Waals surface area contributed by atoms with Gasteiger partial charge in [0.25, 0.3) is 0 Å². The number of ether oxygens (including phenoxy) is 2. The van der Waals surface area contributed by atoms with E-state index in [-0.39, 0.29) is 12.6 Å². The van der Waals surface area contributed by atoms with Crippen LogP contribution in [0.2, 0.25) is 0 Å². The quantitative estimate of drug-likeness (QED) is 0.330. The predicted octanol–water partition coefficient (Wildman–Crippen LogP) is 5.69. The van der Waals surface area contributed by atoms with E-state index < -0.39 is 5.54 Å². The molecule has 1 aliphatic heterocycles. The highest BCUT2D eigenvalue weighted by Crippen LogP contribution is 2.22. The first kappa shape index (κ1) is 21.5. The Bertz CT molecular complexity index is 585. The first-order valence-electron chi connectivity index (χ1n) is 10.6. The highest BCUT2D eigenvalue weighted by atomic mass is 16.5. The molecule has 2 rings (SSSR count). The minimum atomic E-state index is -0.487. The van der Waals surface area contributed by atoms with E-state index in [0.717, 1.165) is 18.4 Å². The zero-order valence-electron chi connectivity index (χ0n) is 17.0. The summed E-state index contributed by atoms with van der Waals surface area (Å²) in [4.78, 5) is 16.6. The standard InChI is InChI=1S/C23H35NO3/c1-3-4-5-6-7-8-9-10-14-17-21(25)26-18-23(2)19-27-22(24-23)20-15-12-11-13-16-20/h11-13,15-16H,3-10,14,17-19H2,1-2H3/t23-/m0/s1. The van der Waals surface area contributed by atoms with Gasteiger partial charge < -0.3 is 9.47 Å². The largest absolute Gasteiger partial charge is 0.475 e. The van der Waals surface area contributed by atoms with Crippen molar-refractivity contribution in [1.82, 2.24) is 0 Å². The van der Waals surface area contributed by atoms with Crippen LogP contribution in [0.5, 0.6) is 0 Å². The molecule has 4 heteroatoms. The van der Waals surface area contributed by atoms with E-state index in [0.29, 0.717) is 18.9 Å². The molecule has 0 fully saturated rings. The molecule has 1 aromatic rings. The summed E-state index contributed by atoms with van der Waals surface area (Å²) in [7, 11) is 0. The van der Waals surface area contributed by atoms with Crippen molar-refractivity contribution < 1.29 is 14.3 Å². The van der Waals surface area contributed by atoms with E-state index in [1.807, 2.05) is 37.3 Å². The molecular weight excluding hydrogens is 338 g/mol. The molecule has 1 atom stereocenters. The van der Waals surface area contributed by atoms with Gasteiger partial charge in [0.1, 0.15) is 18.8 Å². The summed E-state index contributed by atoms with van der Waals surface area (Å²) >= 11 is 0. The molecule has 0 spiro atoms.